The number of hydrogen-bond acceptors (Lipinski definition) is 2. The number of fused-ring (bicyclic) bond motifs is 1. The minimum atomic E-state index is 1.01. The molecule has 0 aliphatic carbocycles. The first-order valence-electron chi connectivity index (χ1n) is 9.04. The Morgan fingerprint density at radius 2 is 1.44 bits per heavy atom. The summed E-state index contributed by atoms with van der Waals surface area (Å²) in [5, 5.41) is 2.63. The summed E-state index contributed by atoms with van der Waals surface area (Å²) in [6.45, 7) is 6.53. The van der Waals surface area contributed by atoms with Crippen molar-refractivity contribution in [3.05, 3.63) is 71.8 Å². The highest BCUT2D eigenvalue weighted by Gasteiger charge is 2.16. The van der Waals surface area contributed by atoms with Gasteiger partial charge in [0.05, 0.1) is 5.69 Å². The Morgan fingerprint density at radius 1 is 0.720 bits per heavy atom. The Kier molecular flexibility index (Phi) is 5.40. The highest BCUT2D eigenvalue weighted by Crippen LogP contribution is 2.36. The van der Waals surface area contributed by atoms with Crippen LogP contribution in [0.1, 0.15) is 17.5 Å². The van der Waals surface area contributed by atoms with Gasteiger partial charge in [0.2, 0.25) is 0 Å². The van der Waals surface area contributed by atoms with Gasteiger partial charge in [0.15, 0.2) is 0 Å². The van der Waals surface area contributed by atoms with Crippen molar-refractivity contribution in [2.24, 2.45) is 0 Å². The lowest BCUT2D eigenvalue weighted by Gasteiger charge is -2.30. The summed E-state index contributed by atoms with van der Waals surface area (Å²) in [7, 11) is 4.28. The highest BCUT2D eigenvalue weighted by molar-refractivity contribution is 5.98. The molecular formula is C23H28N2. The van der Waals surface area contributed by atoms with Crippen molar-refractivity contribution in [3.63, 3.8) is 0 Å². The van der Waals surface area contributed by atoms with Crippen molar-refractivity contribution >= 4 is 22.1 Å². The largest absolute Gasteiger partial charge is 0.341 e. The summed E-state index contributed by atoms with van der Waals surface area (Å²) in [5.74, 6) is 0. The molecule has 0 radical (unpaired) electrons. The van der Waals surface area contributed by atoms with E-state index in [4.69, 9.17) is 0 Å². The molecule has 0 fully saturated rings. The van der Waals surface area contributed by atoms with Crippen LogP contribution in [0.2, 0.25) is 0 Å². The van der Waals surface area contributed by atoms with Crippen LogP contribution in [-0.2, 0) is 0 Å². The van der Waals surface area contributed by atoms with E-state index in [2.05, 4.69) is 98.4 Å². The number of benzene rings is 3. The zero-order valence-electron chi connectivity index (χ0n) is 15.8. The van der Waals surface area contributed by atoms with Gasteiger partial charge in [-0.25, -0.2) is 0 Å². The van der Waals surface area contributed by atoms with E-state index in [-0.39, 0.29) is 0 Å². The molecule has 2 nitrogen and oxygen atoms in total. The summed E-state index contributed by atoms with van der Waals surface area (Å²) in [6.07, 6.45) is 1.13. The van der Waals surface area contributed by atoms with E-state index in [9.17, 15) is 0 Å². The second-order valence-corrected chi connectivity index (χ2v) is 7.05. The van der Waals surface area contributed by atoms with Crippen LogP contribution in [-0.4, -0.2) is 32.1 Å². The topological polar surface area (TPSA) is 6.48 Å². The second kappa shape index (κ2) is 7.71. The zero-order chi connectivity index (χ0) is 17.8. The number of rotatable bonds is 6. The van der Waals surface area contributed by atoms with E-state index in [0.717, 1.165) is 19.5 Å². The van der Waals surface area contributed by atoms with Crippen LogP contribution in [0.3, 0.4) is 0 Å². The molecule has 0 N–H and O–H groups in total. The van der Waals surface area contributed by atoms with Gasteiger partial charge in [-0.15, -0.1) is 0 Å². The van der Waals surface area contributed by atoms with E-state index in [1.165, 1.54) is 33.3 Å². The highest BCUT2D eigenvalue weighted by atomic mass is 15.1. The average molecular weight is 332 g/mol. The fraction of sp³-hybridized carbons (Fsp3) is 0.304. The minimum absolute atomic E-state index is 1.01. The summed E-state index contributed by atoms with van der Waals surface area (Å²) in [4.78, 5) is 4.77. The molecule has 3 aromatic rings. The quantitative estimate of drug-likeness (QED) is 0.584. The third-order valence-electron chi connectivity index (χ3n) is 4.77. The number of hydrogen-bond donors (Lipinski definition) is 0. The van der Waals surface area contributed by atoms with Gasteiger partial charge in [-0.2, -0.15) is 0 Å². The van der Waals surface area contributed by atoms with Crippen molar-refractivity contribution in [1.29, 1.82) is 0 Å². The molecule has 0 unspecified atom stereocenters. The van der Waals surface area contributed by atoms with E-state index >= 15 is 0 Å². The van der Waals surface area contributed by atoms with Crippen molar-refractivity contribution < 1.29 is 0 Å². The van der Waals surface area contributed by atoms with Crippen molar-refractivity contribution in [2.45, 2.75) is 20.3 Å². The number of aryl methyl sites for hydroxylation is 2. The van der Waals surface area contributed by atoms with Crippen LogP contribution in [0.25, 0.3) is 10.8 Å². The van der Waals surface area contributed by atoms with E-state index in [1.54, 1.807) is 0 Å². The molecule has 0 spiro atoms. The summed E-state index contributed by atoms with van der Waals surface area (Å²) in [6, 6.07) is 21.9. The first kappa shape index (κ1) is 17.5. The van der Waals surface area contributed by atoms with Crippen LogP contribution in [0.15, 0.2) is 60.7 Å². The Balaban J connectivity index is 2.11. The number of nitrogens with zero attached hydrogens (tertiary/aromatic N) is 2. The van der Waals surface area contributed by atoms with Gasteiger partial charge in [0, 0.05) is 17.6 Å². The van der Waals surface area contributed by atoms with Crippen LogP contribution in [0, 0.1) is 13.8 Å². The van der Waals surface area contributed by atoms with E-state index in [1.807, 2.05) is 0 Å². The fourth-order valence-corrected chi connectivity index (χ4v) is 3.49. The van der Waals surface area contributed by atoms with Gasteiger partial charge >= 0.3 is 0 Å². The maximum atomic E-state index is 2.51. The smallest absolute Gasteiger partial charge is 0.0520 e. The van der Waals surface area contributed by atoms with Gasteiger partial charge < -0.3 is 9.80 Å². The molecule has 0 bridgehead atoms. The van der Waals surface area contributed by atoms with E-state index in [0.29, 0.717) is 0 Å². The molecule has 3 rings (SSSR count). The molecule has 0 heterocycles. The third kappa shape index (κ3) is 3.85. The van der Waals surface area contributed by atoms with E-state index < -0.39 is 0 Å². The summed E-state index contributed by atoms with van der Waals surface area (Å²) < 4.78 is 0. The van der Waals surface area contributed by atoms with Gasteiger partial charge in [0.25, 0.3) is 0 Å². The Bertz CT molecular complexity index is 852. The molecule has 0 saturated carbocycles. The molecular weight excluding hydrogens is 304 g/mol. The van der Waals surface area contributed by atoms with Gasteiger partial charge in [0.1, 0.15) is 0 Å². The summed E-state index contributed by atoms with van der Waals surface area (Å²) >= 11 is 0. The normalized spacial score (nSPS) is 11.2. The van der Waals surface area contributed by atoms with Gasteiger partial charge in [-0.1, -0.05) is 54.6 Å². The van der Waals surface area contributed by atoms with Crippen LogP contribution in [0.5, 0.6) is 0 Å². The molecule has 0 aliphatic heterocycles. The average Bonchev–Trinajstić information content (AvgIpc) is 2.60. The third-order valence-corrected chi connectivity index (χ3v) is 4.77. The lowest BCUT2D eigenvalue weighted by molar-refractivity contribution is 0.402. The van der Waals surface area contributed by atoms with Crippen molar-refractivity contribution in [3.8, 4) is 0 Å². The standard InChI is InChI=1S/C23H28N2/c1-18-10-5-8-13-22(18)25(17-9-16-24(3)4)23-19(2)14-15-20-11-6-7-12-21(20)23/h5-8,10-15H,9,16-17H2,1-4H3. The Morgan fingerprint density at radius 3 is 2.20 bits per heavy atom. The monoisotopic (exact) mass is 332 g/mol. The fourth-order valence-electron chi connectivity index (χ4n) is 3.49. The maximum absolute atomic E-state index is 2.51. The molecule has 0 atom stereocenters. The molecule has 130 valence electrons. The van der Waals surface area contributed by atoms with Crippen molar-refractivity contribution in [2.75, 3.05) is 32.1 Å². The lowest BCUT2D eigenvalue weighted by Crippen LogP contribution is -2.24. The molecule has 0 amide bonds. The lowest BCUT2D eigenvalue weighted by atomic mass is 10.0. The summed E-state index contributed by atoms with van der Waals surface area (Å²) in [5.41, 5.74) is 5.29. The first-order valence-corrected chi connectivity index (χ1v) is 9.04. The molecule has 0 aliphatic rings. The van der Waals surface area contributed by atoms with Crippen LogP contribution in [0.4, 0.5) is 11.4 Å². The maximum Gasteiger partial charge on any atom is 0.0520 e. The SMILES string of the molecule is Cc1ccccc1N(CCCN(C)C)c1c(C)ccc2ccccc12. The molecule has 0 saturated heterocycles. The molecule has 25 heavy (non-hydrogen) atoms. The predicted molar refractivity (Wildman–Crippen MR) is 110 cm³/mol. The molecule has 0 aromatic heterocycles. The second-order valence-electron chi connectivity index (χ2n) is 7.05. The van der Waals surface area contributed by atoms with Gasteiger partial charge in [-0.3, -0.25) is 0 Å². The number of para-hydroxylation sites is 1. The number of anilines is 2. The Labute approximate surface area is 151 Å². The minimum Gasteiger partial charge on any atom is -0.341 e. The molecule has 3 aromatic carbocycles. The van der Waals surface area contributed by atoms with Crippen molar-refractivity contribution in [1.82, 2.24) is 4.90 Å². The Hall–Kier alpha value is -2.32. The first-order chi connectivity index (χ1) is 12.1. The predicted octanol–water partition coefficient (Wildman–Crippen LogP) is 5.55. The van der Waals surface area contributed by atoms with Gasteiger partial charge in [-0.05, 0) is 63.5 Å². The molecule has 2 heteroatoms. The van der Waals surface area contributed by atoms with Crippen LogP contribution < -0.4 is 4.90 Å². The zero-order valence-corrected chi connectivity index (χ0v) is 15.8. The van der Waals surface area contributed by atoms with Crippen LogP contribution >= 0.6 is 0 Å².